The Balaban J connectivity index is 4.23. The van der Waals surface area contributed by atoms with Crippen molar-refractivity contribution in [1.29, 1.82) is 0 Å². The van der Waals surface area contributed by atoms with Crippen LogP contribution in [0.25, 0.3) is 0 Å². The molecule has 1 unspecified atom stereocenters. The number of sulfonamides is 1. The second kappa shape index (κ2) is 6.54. The summed E-state index contributed by atoms with van der Waals surface area (Å²) in [4.78, 5) is 0. The van der Waals surface area contributed by atoms with E-state index in [-0.39, 0.29) is 12.0 Å². The minimum atomic E-state index is -3.41. The highest BCUT2D eigenvalue weighted by atomic mass is 32.2. The van der Waals surface area contributed by atoms with E-state index < -0.39 is 15.3 Å². The molecule has 0 heterocycles. The summed E-state index contributed by atoms with van der Waals surface area (Å²) in [5.41, 5.74) is -0.155. The van der Waals surface area contributed by atoms with Crippen LogP contribution in [-0.2, 0) is 14.8 Å². The average Bonchev–Trinajstić information content (AvgIpc) is 2.23. The third-order valence-corrected chi connectivity index (χ3v) is 4.28. The summed E-state index contributed by atoms with van der Waals surface area (Å²) in [5.74, 6) is 0. The maximum atomic E-state index is 11.6. The number of hydrogen-bond donors (Lipinski definition) is 2. The van der Waals surface area contributed by atoms with E-state index in [2.05, 4.69) is 4.72 Å². The molecule has 2 N–H and O–H groups in total. The number of ether oxygens (including phenoxy) is 1. The van der Waals surface area contributed by atoms with Gasteiger partial charge in [-0.15, -0.1) is 0 Å². The normalized spacial score (nSPS) is 15.1. The average molecular weight is 253 g/mol. The van der Waals surface area contributed by atoms with Crippen LogP contribution in [0.4, 0.5) is 0 Å². The van der Waals surface area contributed by atoms with Gasteiger partial charge in [-0.25, -0.2) is 13.1 Å². The fourth-order valence-electron chi connectivity index (χ4n) is 1.00. The van der Waals surface area contributed by atoms with E-state index in [0.29, 0.717) is 13.2 Å². The van der Waals surface area contributed by atoms with Crippen LogP contribution >= 0.6 is 0 Å². The molecule has 0 aromatic heterocycles. The van der Waals surface area contributed by atoms with Gasteiger partial charge in [0.2, 0.25) is 10.0 Å². The fraction of sp³-hybridized carbons (Fsp3) is 1.00. The van der Waals surface area contributed by atoms with Crippen molar-refractivity contribution in [2.75, 3.05) is 26.9 Å². The van der Waals surface area contributed by atoms with Gasteiger partial charge >= 0.3 is 0 Å². The Morgan fingerprint density at radius 1 is 1.44 bits per heavy atom. The number of hydrogen-bond acceptors (Lipinski definition) is 4. The molecule has 0 rings (SSSR count). The topological polar surface area (TPSA) is 75.6 Å². The van der Waals surface area contributed by atoms with Crippen molar-refractivity contribution < 1.29 is 18.3 Å². The summed E-state index contributed by atoms with van der Waals surface area (Å²) in [7, 11) is -1.79. The van der Waals surface area contributed by atoms with Crippen LogP contribution in [0, 0.1) is 5.41 Å². The first-order valence-electron chi connectivity index (χ1n) is 5.33. The van der Waals surface area contributed by atoms with Crippen LogP contribution < -0.4 is 4.72 Å². The molecule has 0 aliphatic heterocycles. The van der Waals surface area contributed by atoms with E-state index in [0.717, 1.165) is 6.42 Å². The number of aliphatic hydroxyl groups is 1. The number of aliphatic hydroxyl groups excluding tert-OH is 1. The van der Waals surface area contributed by atoms with Gasteiger partial charge in [-0.2, -0.15) is 0 Å². The number of nitrogens with one attached hydrogen (secondary N) is 1. The van der Waals surface area contributed by atoms with E-state index in [1.807, 2.05) is 13.8 Å². The van der Waals surface area contributed by atoms with Gasteiger partial charge in [0.05, 0.1) is 11.9 Å². The van der Waals surface area contributed by atoms with Crippen molar-refractivity contribution in [1.82, 2.24) is 4.72 Å². The minimum absolute atomic E-state index is 0.155. The van der Waals surface area contributed by atoms with E-state index >= 15 is 0 Å². The third kappa shape index (κ3) is 5.79. The Labute approximate surface area is 98.2 Å². The van der Waals surface area contributed by atoms with Crippen molar-refractivity contribution in [3.8, 4) is 0 Å². The molecule has 0 spiro atoms. The van der Waals surface area contributed by atoms with Crippen LogP contribution in [0.5, 0.6) is 0 Å². The summed E-state index contributed by atoms with van der Waals surface area (Å²) in [6.07, 6.45) is 0.777. The maximum Gasteiger partial charge on any atom is 0.216 e. The highest BCUT2D eigenvalue weighted by molar-refractivity contribution is 7.90. The largest absolute Gasteiger partial charge is 0.395 e. The van der Waals surface area contributed by atoms with Gasteiger partial charge in [-0.05, 0) is 18.8 Å². The molecular weight excluding hydrogens is 230 g/mol. The molecule has 0 aromatic carbocycles. The Hall–Kier alpha value is -0.170. The van der Waals surface area contributed by atoms with E-state index in [1.54, 1.807) is 7.11 Å². The van der Waals surface area contributed by atoms with Crippen molar-refractivity contribution in [3.05, 3.63) is 0 Å². The zero-order valence-electron chi connectivity index (χ0n) is 10.5. The van der Waals surface area contributed by atoms with Crippen LogP contribution in [-0.4, -0.2) is 45.6 Å². The van der Waals surface area contributed by atoms with Gasteiger partial charge < -0.3 is 9.84 Å². The van der Waals surface area contributed by atoms with Crippen molar-refractivity contribution in [2.45, 2.75) is 32.4 Å². The molecule has 0 saturated heterocycles. The van der Waals surface area contributed by atoms with E-state index in [1.165, 1.54) is 6.92 Å². The van der Waals surface area contributed by atoms with Crippen LogP contribution in [0.1, 0.15) is 27.2 Å². The first kappa shape index (κ1) is 15.8. The Bertz CT molecular complexity index is 287. The monoisotopic (exact) mass is 253 g/mol. The minimum Gasteiger partial charge on any atom is -0.395 e. The van der Waals surface area contributed by atoms with Gasteiger partial charge in [0.25, 0.3) is 0 Å². The Morgan fingerprint density at radius 2 is 2.00 bits per heavy atom. The highest BCUT2D eigenvalue weighted by Crippen LogP contribution is 2.19. The lowest BCUT2D eigenvalue weighted by Gasteiger charge is -2.25. The molecule has 0 aliphatic carbocycles. The van der Waals surface area contributed by atoms with Crippen molar-refractivity contribution >= 4 is 10.0 Å². The van der Waals surface area contributed by atoms with Crippen LogP contribution in [0.15, 0.2) is 0 Å². The molecule has 0 amide bonds. The number of rotatable bonds is 8. The first-order valence-corrected chi connectivity index (χ1v) is 6.88. The molecular formula is C10H23NO4S. The smallest absolute Gasteiger partial charge is 0.216 e. The lowest BCUT2D eigenvalue weighted by Crippen LogP contribution is -2.40. The second-order valence-electron chi connectivity index (χ2n) is 4.77. The second-order valence-corrected chi connectivity index (χ2v) is 6.95. The Morgan fingerprint density at radius 3 is 2.44 bits per heavy atom. The molecule has 0 radical (unpaired) electrons. The molecule has 0 aliphatic rings. The molecule has 0 saturated carbocycles. The molecule has 98 valence electrons. The van der Waals surface area contributed by atoms with E-state index in [9.17, 15) is 8.42 Å². The molecule has 0 aromatic rings. The summed E-state index contributed by atoms with van der Waals surface area (Å²) in [6.45, 7) is 6.00. The number of methoxy groups -OCH3 is 1. The third-order valence-electron chi connectivity index (χ3n) is 2.52. The first-order chi connectivity index (χ1) is 7.25. The van der Waals surface area contributed by atoms with Gasteiger partial charge in [-0.3, -0.25) is 0 Å². The zero-order chi connectivity index (χ0) is 12.8. The molecule has 16 heavy (non-hydrogen) atoms. The van der Waals surface area contributed by atoms with Gasteiger partial charge in [0.1, 0.15) is 0 Å². The van der Waals surface area contributed by atoms with Crippen molar-refractivity contribution in [2.24, 2.45) is 5.41 Å². The predicted molar refractivity (Wildman–Crippen MR) is 63.7 cm³/mol. The van der Waals surface area contributed by atoms with E-state index in [4.69, 9.17) is 9.84 Å². The molecule has 0 bridgehead atoms. The highest BCUT2D eigenvalue weighted by Gasteiger charge is 2.24. The predicted octanol–water partition coefficient (Wildman–Crippen LogP) is 0.349. The van der Waals surface area contributed by atoms with Crippen LogP contribution in [0.3, 0.4) is 0 Å². The summed E-state index contributed by atoms with van der Waals surface area (Å²) in [6, 6.07) is 0. The summed E-state index contributed by atoms with van der Waals surface area (Å²) >= 11 is 0. The Kier molecular flexibility index (Phi) is 6.47. The molecule has 5 nitrogen and oxygen atoms in total. The fourth-order valence-corrected chi connectivity index (χ4v) is 2.08. The lowest BCUT2D eigenvalue weighted by atomic mass is 9.90. The summed E-state index contributed by atoms with van der Waals surface area (Å²) < 4.78 is 30.6. The van der Waals surface area contributed by atoms with Gasteiger partial charge in [-0.1, -0.05) is 13.8 Å². The van der Waals surface area contributed by atoms with Crippen LogP contribution in [0.2, 0.25) is 0 Å². The SMILES string of the molecule is COCCC(C)(C)CNS(=O)(=O)C(C)CO. The molecule has 6 heteroatoms. The standard InChI is InChI=1S/C10H23NO4S/c1-9(7-12)16(13,14)11-8-10(2,3)5-6-15-4/h9,11-12H,5-8H2,1-4H3. The lowest BCUT2D eigenvalue weighted by molar-refractivity contribution is 0.153. The zero-order valence-corrected chi connectivity index (χ0v) is 11.3. The van der Waals surface area contributed by atoms with Gasteiger partial charge in [0.15, 0.2) is 0 Å². The molecule has 0 fully saturated rings. The summed E-state index contributed by atoms with van der Waals surface area (Å²) in [5, 5.41) is 8.03. The quantitative estimate of drug-likeness (QED) is 0.654. The van der Waals surface area contributed by atoms with Crippen molar-refractivity contribution in [3.63, 3.8) is 0 Å². The maximum absolute atomic E-state index is 11.6. The molecule has 1 atom stereocenters. The van der Waals surface area contributed by atoms with Gasteiger partial charge in [0, 0.05) is 20.3 Å².